The van der Waals surface area contributed by atoms with Crippen LogP contribution in [0.25, 0.3) is 0 Å². The fraction of sp³-hybridized carbons (Fsp3) is 0.310. The van der Waals surface area contributed by atoms with E-state index in [-0.39, 0.29) is 22.9 Å². The summed E-state index contributed by atoms with van der Waals surface area (Å²) in [5.41, 5.74) is 14.6. The van der Waals surface area contributed by atoms with Crippen LogP contribution in [0.3, 0.4) is 0 Å². The smallest absolute Gasteiger partial charge is 0.205 e. The molecule has 0 fully saturated rings. The zero-order valence-electron chi connectivity index (χ0n) is 20.3. The molecule has 0 spiro atoms. The van der Waals surface area contributed by atoms with Crippen LogP contribution in [0, 0.1) is 26.2 Å². The molecule has 2 heterocycles. The van der Waals surface area contributed by atoms with Gasteiger partial charge in [0.1, 0.15) is 4.88 Å². The number of thiophene rings is 1. The molecule has 1 aliphatic heterocycles. The first-order valence-corrected chi connectivity index (χ1v) is 12.5. The molecule has 0 amide bonds. The van der Waals surface area contributed by atoms with Crippen molar-refractivity contribution in [2.45, 2.75) is 53.4 Å². The molecule has 3 N–H and O–H groups in total. The molecular formula is C29H30N2O2S. The molecule has 174 valence electrons. The van der Waals surface area contributed by atoms with Crippen molar-refractivity contribution in [1.82, 2.24) is 0 Å². The average molecular weight is 471 g/mol. The standard InChI is InChI=1S/C29H30N2O2S/c1-15-11-17(3)19(12-16(15)2)26(33)27-25(30)24-22(18-9-7-6-8-10-18)23-20(31-28(24)34-27)13-29(4,5)14-21(23)32/h6-12,22,31H,13-14,30H2,1-5H3. The lowest BCUT2D eigenvalue weighted by Crippen LogP contribution is -2.33. The van der Waals surface area contributed by atoms with Gasteiger partial charge < -0.3 is 11.1 Å². The Morgan fingerprint density at radius 3 is 2.41 bits per heavy atom. The number of fused-ring (bicyclic) bond motifs is 1. The first-order chi connectivity index (χ1) is 16.1. The van der Waals surface area contributed by atoms with Crippen LogP contribution < -0.4 is 11.1 Å². The van der Waals surface area contributed by atoms with Gasteiger partial charge in [0.05, 0.1) is 10.7 Å². The van der Waals surface area contributed by atoms with E-state index in [4.69, 9.17) is 5.73 Å². The molecular weight excluding hydrogens is 440 g/mol. The normalized spacial score (nSPS) is 18.9. The monoisotopic (exact) mass is 470 g/mol. The van der Waals surface area contributed by atoms with Gasteiger partial charge in [-0.1, -0.05) is 50.2 Å². The van der Waals surface area contributed by atoms with Crippen LogP contribution in [0.2, 0.25) is 0 Å². The number of ketones is 2. The van der Waals surface area contributed by atoms with Crippen LogP contribution in [0.5, 0.6) is 0 Å². The SMILES string of the molecule is Cc1cc(C)c(C(=O)c2sc3c(c2N)C(c2ccccc2)C2=C(CC(C)(C)CC2=O)N3)cc1C. The largest absolute Gasteiger partial charge is 0.397 e. The van der Waals surface area contributed by atoms with E-state index >= 15 is 0 Å². The Morgan fingerprint density at radius 1 is 1.03 bits per heavy atom. The highest BCUT2D eigenvalue weighted by Gasteiger charge is 2.43. The molecule has 1 atom stereocenters. The van der Waals surface area contributed by atoms with Crippen molar-refractivity contribution in [3.05, 3.63) is 92.0 Å². The first kappa shape index (κ1) is 22.6. The molecule has 2 aliphatic rings. The lowest BCUT2D eigenvalue weighted by molar-refractivity contribution is -0.118. The fourth-order valence-corrected chi connectivity index (χ4v) is 6.51. The summed E-state index contributed by atoms with van der Waals surface area (Å²) in [6, 6.07) is 14.1. The number of rotatable bonds is 3. The molecule has 0 bridgehead atoms. The zero-order valence-corrected chi connectivity index (χ0v) is 21.2. The van der Waals surface area contributed by atoms with E-state index < -0.39 is 0 Å². The quantitative estimate of drug-likeness (QED) is 0.419. The summed E-state index contributed by atoms with van der Waals surface area (Å²) in [4.78, 5) is 27.7. The maximum absolute atomic E-state index is 13.7. The van der Waals surface area contributed by atoms with E-state index in [0.717, 1.165) is 50.5 Å². The Bertz CT molecular complexity index is 1380. The van der Waals surface area contributed by atoms with Gasteiger partial charge in [-0.05, 0) is 60.9 Å². The summed E-state index contributed by atoms with van der Waals surface area (Å²) >= 11 is 1.41. The van der Waals surface area contributed by atoms with Crippen molar-refractivity contribution in [1.29, 1.82) is 0 Å². The van der Waals surface area contributed by atoms with Crippen LogP contribution in [-0.4, -0.2) is 11.6 Å². The van der Waals surface area contributed by atoms with Crippen molar-refractivity contribution in [2.24, 2.45) is 5.41 Å². The van der Waals surface area contributed by atoms with Gasteiger partial charge in [0, 0.05) is 34.7 Å². The highest BCUT2D eigenvalue weighted by atomic mass is 32.1. The van der Waals surface area contributed by atoms with Gasteiger partial charge in [-0.25, -0.2) is 0 Å². The van der Waals surface area contributed by atoms with Gasteiger partial charge in [0.15, 0.2) is 5.78 Å². The van der Waals surface area contributed by atoms with Crippen LogP contribution >= 0.6 is 11.3 Å². The van der Waals surface area contributed by atoms with E-state index in [1.807, 2.05) is 50.2 Å². The molecule has 5 heteroatoms. The van der Waals surface area contributed by atoms with E-state index in [0.29, 0.717) is 22.5 Å². The Hall–Kier alpha value is -3.18. The van der Waals surface area contributed by atoms with Crippen LogP contribution in [-0.2, 0) is 4.79 Å². The van der Waals surface area contributed by atoms with Crippen LogP contribution in [0.1, 0.15) is 75.7 Å². The van der Waals surface area contributed by atoms with Gasteiger partial charge >= 0.3 is 0 Å². The summed E-state index contributed by atoms with van der Waals surface area (Å²) in [6.45, 7) is 10.3. The molecule has 1 aromatic heterocycles. The number of anilines is 2. The summed E-state index contributed by atoms with van der Waals surface area (Å²) in [6.07, 6.45) is 1.29. The fourth-order valence-electron chi connectivity index (χ4n) is 5.37. The minimum Gasteiger partial charge on any atom is -0.397 e. The third-order valence-corrected chi connectivity index (χ3v) is 8.31. The number of aryl methyl sites for hydroxylation is 3. The van der Waals surface area contributed by atoms with Gasteiger partial charge in [0.25, 0.3) is 0 Å². The number of hydrogen-bond donors (Lipinski definition) is 2. The molecule has 2 aromatic carbocycles. The predicted octanol–water partition coefficient (Wildman–Crippen LogP) is 6.69. The summed E-state index contributed by atoms with van der Waals surface area (Å²) < 4.78 is 0. The van der Waals surface area contributed by atoms with E-state index in [1.165, 1.54) is 11.3 Å². The number of benzene rings is 2. The minimum atomic E-state index is -0.269. The maximum Gasteiger partial charge on any atom is 0.205 e. The number of carbonyl (C=O) groups is 2. The lowest BCUT2D eigenvalue weighted by Gasteiger charge is -2.38. The molecule has 4 nitrogen and oxygen atoms in total. The minimum absolute atomic E-state index is 0.0595. The topological polar surface area (TPSA) is 72.2 Å². The molecule has 1 aliphatic carbocycles. The molecule has 1 unspecified atom stereocenters. The number of nitrogens with one attached hydrogen (secondary N) is 1. The number of hydrogen-bond acceptors (Lipinski definition) is 5. The highest BCUT2D eigenvalue weighted by Crippen LogP contribution is 2.54. The molecule has 3 aromatic rings. The van der Waals surface area contributed by atoms with Crippen molar-refractivity contribution >= 4 is 33.6 Å². The number of Topliss-reactive ketones (excluding diaryl/α,β-unsaturated/α-hetero) is 1. The zero-order chi connectivity index (χ0) is 24.4. The third-order valence-electron chi connectivity index (χ3n) is 7.17. The van der Waals surface area contributed by atoms with Gasteiger partial charge in [0.2, 0.25) is 5.78 Å². The maximum atomic E-state index is 13.7. The van der Waals surface area contributed by atoms with E-state index in [1.54, 1.807) is 0 Å². The van der Waals surface area contributed by atoms with Gasteiger partial charge in [-0.3, -0.25) is 9.59 Å². The second-order valence-corrected chi connectivity index (χ2v) is 11.5. The van der Waals surface area contributed by atoms with Crippen molar-refractivity contribution < 1.29 is 9.59 Å². The summed E-state index contributed by atoms with van der Waals surface area (Å²) in [7, 11) is 0. The Kier molecular flexibility index (Phi) is 5.28. The number of nitrogen functional groups attached to an aromatic ring is 1. The Morgan fingerprint density at radius 2 is 1.71 bits per heavy atom. The highest BCUT2D eigenvalue weighted by molar-refractivity contribution is 7.19. The van der Waals surface area contributed by atoms with Gasteiger partial charge in [-0.2, -0.15) is 0 Å². The molecule has 5 rings (SSSR count). The number of carbonyl (C=O) groups excluding carboxylic acids is 2. The van der Waals surface area contributed by atoms with Crippen molar-refractivity contribution in [3.63, 3.8) is 0 Å². The molecule has 34 heavy (non-hydrogen) atoms. The molecule has 0 saturated carbocycles. The number of nitrogens with two attached hydrogens (primary N) is 1. The lowest BCUT2D eigenvalue weighted by atomic mass is 9.69. The predicted molar refractivity (Wildman–Crippen MR) is 140 cm³/mol. The molecule has 0 radical (unpaired) electrons. The van der Waals surface area contributed by atoms with E-state index in [2.05, 4.69) is 32.2 Å². The van der Waals surface area contributed by atoms with Crippen molar-refractivity contribution in [2.75, 3.05) is 11.1 Å². The van der Waals surface area contributed by atoms with E-state index in [9.17, 15) is 9.59 Å². The number of allylic oxidation sites excluding steroid dienone is 2. The van der Waals surface area contributed by atoms with Crippen LogP contribution in [0.15, 0.2) is 53.7 Å². The second kappa shape index (κ2) is 7.95. The molecule has 0 saturated heterocycles. The Labute approximate surface area is 204 Å². The average Bonchev–Trinajstić information content (AvgIpc) is 3.10. The van der Waals surface area contributed by atoms with Gasteiger partial charge in [-0.15, -0.1) is 11.3 Å². The van der Waals surface area contributed by atoms with Crippen LogP contribution in [0.4, 0.5) is 10.7 Å². The second-order valence-electron chi connectivity index (χ2n) is 10.5. The Balaban J connectivity index is 1.69. The third kappa shape index (κ3) is 3.59. The summed E-state index contributed by atoms with van der Waals surface area (Å²) in [5.74, 6) is -0.174. The van der Waals surface area contributed by atoms with Crippen molar-refractivity contribution in [3.8, 4) is 0 Å². The first-order valence-electron chi connectivity index (χ1n) is 11.7. The summed E-state index contributed by atoms with van der Waals surface area (Å²) in [5, 5.41) is 4.41.